The summed E-state index contributed by atoms with van der Waals surface area (Å²) in [6.45, 7) is 8.99. The number of hydrogen-bond donors (Lipinski definition) is 1. The van der Waals surface area contributed by atoms with Crippen LogP contribution in [0.3, 0.4) is 0 Å². The van der Waals surface area contributed by atoms with Gasteiger partial charge in [-0.25, -0.2) is 0 Å². The average molecular weight is 218 g/mol. The van der Waals surface area contributed by atoms with E-state index in [9.17, 15) is 0 Å². The smallest absolute Gasteiger partial charge is 0.0237 e. The lowest BCUT2D eigenvalue weighted by Crippen LogP contribution is -2.49. The van der Waals surface area contributed by atoms with E-state index in [1.165, 1.54) is 11.1 Å². The number of nitrogens with one attached hydrogen (secondary N) is 1. The van der Waals surface area contributed by atoms with Gasteiger partial charge >= 0.3 is 0 Å². The molecule has 0 spiro atoms. The summed E-state index contributed by atoms with van der Waals surface area (Å²) in [7, 11) is 0. The molecule has 2 nitrogen and oxygen atoms in total. The van der Waals surface area contributed by atoms with Gasteiger partial charge in [0.15, 0.2) is 0 Å². The van der Waals surface area contributed by atoms with Crippen LogP contribution in [0.1, 0.15) is 25.0 Å². The second-order valence-electron chi connectivity index (χ2n) is 4.69. The van der Waals surface area contributed by atoms with E-state index in [0.29, 0.717) is 6.04 Å². The van der Waals surface area contributed by atoms with Crippen LogP contribution < -0.4 is 5.32 Å². The highest BCUT2D eigenvalue weighted by atomic mass is 15.2. The van der Waals surface area contributed by atoms with Crippen molar-refractivity contribution in [2.45, 2.75) is 32.9 Å². The molecule has 0 aliphatic carbocycles. The summed E-state index contributed by atoms with van der Waals surface area (Å²) in [4.78, 5) is 2.55. The lowest BCUT2D eigenvalue weighted by Gasteiger charge is -2.33. The fourth-order valence-corrected chi connectivity index (χ4v) is 2.23. The summed E-state index contributed by atoms with van der Waals surface area (Å²) in [5.74, 6) is 0. The average Bonchev–Trinajstić information content (AvgIpc) is 2.33. The quantitative estimate of drug-likeness (QED) is 0.835. The molecule has 1 heterocycles. The fourth-order valence-electron chi connectivity index (χ4n) is 2.23. The van der Waals surface area contributed by atoms with Crippen molar-refractivity contribution in [2.24, 2.45) is 0 Å². The van der Waals surface area contributed by atoms with E-state index in [1.807, 2.05) is 0 Å². The zero-order valence-corrected chi connectivity index (χ0v) is 10.4. The van der Waals surface area contributed by atoms with E-state index in [0.717, 1.165) is 32.6 Å². The first-order chi connectivity index (χ1) is 7.79. The molecule has 1 fully saturated rings. The van der Waals surface area contributed by atoms with Gasteiger partial charge in [0.05, 0.1) is 0 Å². The van der Waals surface area contributed by atoms with Gasteiger partial charge in [-0.3, -0.25) is 4.90 Å². The Morgan fingerprint density at radius 3 is 2.56 bits per heavy atom. The van der Waals surface area contributed by atoms with E-state index in [-0.39, 0.29) is 0 Å². The minimum atomic E-state index is 0.652. The lowest BCUT2D eigenvalue weighted by molar-refractivity contribution is 0.165. The zero-order chi connectivity index (χ0) is 11.4. The highest BCUT2D eigenvalue weighted by Crippen LogP contribution is 2.11. The molecular weight excluding hydrogens is 196 g/mol. The van der Waals surface area contributed by atoms with Crippen molar-refractivity contribution in [3.05, 3.63) is 35.4 Å². The first-order valence-electron chi connectivity index (χ1n) is 6.32. The van der Waals surface area contributed by atoms with E-state index in [4.69, 9.17) is 0 Å². The molecule has 1 saturated heterocycles. The van der Waals surface area contributed by atoms with Crippen LogP contribution in [0.25, 0.3) is 0 Å². The number of benzene rings is 1. The lowest BCUT2D eigenvalue weighted by atomic mass is 10.1. The fraction of sp³-hybridized carbons (Fsp3) is 0.571. The van der Waals surface area contributed by atoms with E-state index in [1.54, 1.807) is 0 Å². The summed E-state index contributed by atoms with van der Waals surface area (Å²) >= 11 is 0. The Balaban J connectivity index is 1.96. The van der Waals surface area contributed by atoms with Crippen molar-refractivity contribution in [1.82, 2.24) is 10.2 Å². The Kier molecular flexibility index (Phi) is 3.97. The van der Waals surface area contributed by atoms with Crippen molar-refractivity contribution in [3.8, 4) is 0 Å². The molecule has 0 bridgehead atoms. The Bertz CT molecular complexity index is 318. The highest BCUT2D eigenvalue weighted by molar-refractivity contribution is 5.22. The third-order valence-corrected chi connectivity index (χ3v) is 3.46. The zero-order valence-electron chi connectivity index (χ0n) is 10.4. The van der Waals surface area contributed by atoms with Gasteiger partial charge in [0.2, 0.25) is 0 Å². The van der Waals surface area contributed by atoms with E-state index >= 15 is 0 Å². The summed E-state index contributed by atoms with van der Waals surface area (Å²) in [6.07, 6.45) is 1.13. The Morgan fingerprint density at radius 2 is 1.94 bits per heavy atom. The van der Waals surface area contributed by atoms with Crippen molar-refractivity contribution >= 4 is 0 Å². The molecule has 1 aromatic rings. The van der Waals surface area contributed by atoms with Crippen LogP contribution in [-0.4, -0.2) is 30.6 Å². The van der Waals surface area contributed by atoms with Crippen LogP contribution >= 0.6 is 0 Å². The second-order valence-corrected chi connectivity index (χ2v) is 4.69. The van der Waals surface area contributed by atoms with Gasteiger partial charge in [-0.1, -0.05) is 31.2 Å². The molecule has 0 amide bonds. The maximum atomic E-state index is 3.43. The van der Waals surface area contributed by atoms with Gasteiger partial charge in [-0.15, -0.1) is 0 Å². The third-order valence-electron chi connectivity index (χ3n) is 3.46. The normalized spacial score (nSPS) is 22.2. The van der Waals surface area contributed by atoms with Crippen molar-refractivity contribution in [1.29, 1.82) is 0 Å². The SMILES string of the molecule is CCc1ccc(CN2CCNCC2C)cc1. The van der Waals surface area contributed by atoms with Crippen molar-refractivity contribution in [2.75, 3.05) is 19.6 Å². The van der Waals surface area contributed by atoms with Crippen LogP contribution in [-0.2, 0) is 13.0 Å². The molecule has 2 rings (SSSR count). The molecule has 1 unspecified atom stereocenters. The predicted octanol–water partition coefficient (Wildman–Crippen LogP) is 2.04. The minimum Gasteiger partial charge on any atom is -0.314 e. The van der Waals surface area contributed by atoms with Gasteiger partial charge in [0.1, 0.15) is 0 Å². The molecule has 88 valence electrons. The van der Waals surface area contributed by atoms with Crippen LogP contribution in [0, 0.1) is 0 Å². The van der Waals surface area contributed by atoms with E-state index < -0.39 is 0 Å². The van der Waals surface area contributed by atoms with Gasteiger partial charge in [0.25, 0.3) is 0 Å². The largest absolute Gasteiger partial charge is 0.314 e. The molecule has 16 heavy (non-hydrogen) atoms. The predicted molar refractivity (Wildman–Crippen MR) is 68.6 cm³/mol. The van der Waals surface area contributed by atoms with Crippen LogP contribution in [0.2, 0.25) is 0 Å². The number of piperazine rings is 1. The number of hydrogen-bond acceptors (Lipinski definition) is 2. The number of rotatable bonds is 3. The Hall–Kier alpha value is -0.860. The molecule has 1 aromatic carbocycles. The topological polar surface area (TPSA) is 15.3 Å². The summed E-state index contributed by atoms with van der Waals surface area (Å²) < 4.78 is 0. The van der Waals surface area contributed by atoms with Crippen molar-refractivity contribution < 1.29 is 0 Å². The molecule has 0 saturated carbocycles. The van der Waals surface area contributed by atoms with E-state index in [2.05, 4.69) is 48.3 Å². The first kappa shape index (κ1) is 11.6. The highest BCUT2D eigenvalue weighted by Gasteiger charge is 2.17. The summed E-state index contributed by atoms with van der Waals surface area (Å²) in [5, 5.41) is 3.43. The number of nitrogens with zero attached hydrogens (tertiary/aromatic N) is 1. The standard InChI is InChI=1S/C14H22N2/c1-3-13-4-6-14(7-5-13)11-16-9-8-15-10-12(16)2/h4-7,12,15H,3,8-11H2,1-2H3. The Morgan fingerprint density at radius 1 is 1.25 bits per heavy atom. The summed E-state index contributed by atoms with van der Waals surface area (Å²) in [6, 6.07) is 9.70. The molecule has 1 aliphatic rings. The molecular formula is C14H22N2. The molecule has 1 N–H and O–H groups in total. The number of aryl methyl sites for hydroxylation is 1. The van der Waals surface area contributed by atoms with Gasteiger partial charge in [-0.2, -0.15) is 0 Å². The van der Waals surface area contributed by atoms with Gasteiger partial charge in [0, 0.05) is 32.2 Å². The molecule has 0 radical (unpaired) electrons. The van der Waals surface area contributed by atoms with Gasteiger partial charge < -0.3 is 5.32 Å². The third kappa shape index (κ3) is 2.83. The molecule has 1 aliphatic heterocycles. The Labute approximate surface area is 98.7 Å². The summed E-state index contributed by atoms with van der Waals surface area (Å²) in [5.41, 5.74) is 2.86. The minimum absolute atomic E-state index is 0.652. The molecule has 0 aromatic heterocycles. The second kappa shape index (κ2) is 5.46. The monoisotopic (exact) mass is 218 g/mol. The first-order valence-corrected chi connectivity index (χ1v) is 6.32. The maximum absolute atomic E-state index is 3.43. The van der Waals surface area contributed by atoms with Crippen LogP contribution in [0.5, 0.6) is 0 Å². The van der Waals surface area contributed by atoms with Crippen LogP contribution in [0.4, 0.5) is 0 Å². The van der Waals surface area contributed by atoms with Gasteiger partial charge in [-0.05, 0) is 24.5 Å². The maximum Gasteiger partial charge on any atom is 0.0237 e. The van der Waals surface area contributed by atoms with Crippen molar-refractivity contribution in [3.63, 3.8) is 0 Å². The molecule has 2 heteroatoms. The molecule has 1 atom stereocenters. The van der Waals surface area contributed by atoms with Crippen LogP contribution in [0.15, 0.2) is 24.3 Å².